The second kappa shape index (κ2) is 19.9. The largest absolute Gasteiger partial charge is 0.356 e. The molecule has 0 fully saturated rings. The molecule has 0 radical (unpaired) electrons. The first-order valence-corrected chi connectivity index (χ1v) is 23.9. The molecule has 4 aromatic carbocycles. The van der Waals surface area contributed by atoms with Crippen molar-refractivity contribution >= 4 is 51.9 Å². The van der Waals surface area contributed by atoms with Gasteiger partial charge >= 0.3 is 5.82 Å². The lowest BCUT2D eigenvalue weighted by Gasteiger charge is -2.26. The summed E-state index contributed by atoms with van der Waals surface area (Å²) < 4.78 is 2.20. The number of allylic oxidation sites excluding steroid dienone is 6. The molecular weight excluding hydrogens is 834 g/mol. The van der Waals surface area contributed by atoms with Gasteiger partial charge in [-0.05, 0) is 108 Å². The van der Waals surface area contributed by atoms with Gasteiger partial charge in [0.1, 0.15) is 6.20 Å². The summed E-state index contributed by atoms with van der Waals surface area (Å²) in [7, 11) is 0. The average Bonchev–Trinajstić information content (AvgIpc) is 3.69. The van der Waals surface area contributed by atoms with Gasteiger partial charge in [0.25, 0.3) is 0 Å². The zero-order chi connectivity index (χ0) is 46.4. The van der Waals surface area contributed by atoms with Crippen LogP contribution in [0.3, 0.4) is 0 Å². The minimum atomic E-state index is -0.349. The molecule has 1 N–H and O–H groups in total. The molecule has 7 nitrogen and oxygen atoms in total. The van der Waals surface area contributed by atoms with Crippen molar-refractivity contribution in [1.82, 2.24) is 5.32 Å². The lowest BCUT2D eigenvalue weighted by Crippen LogP contribution is -2.35. The fraction of sp³-hybridized carbons (Fsp3) is 0.310. The predicted octanol–water partition coefficient (Wildman–Crippen LogP) is 11.9. The van der Waals surface area contributed by atoms with Crippen molar-refractivity contribution in [3.05, 3.63) is 183 Å². The van der Waals surface area contributed by atoms with Gasteiger partial charge < -0.3 is 15.1 Å². The summed E-state index contributed by atoms with van der Waals surface area (Å²) in [6, 6.07) is 35.0. The molecule has 2 amide bonds. The van der Waals surface area contributed by atoms with Crippen molar-refractivity contribution < 1.29 is 14.2 Å². The maximum atomic E-state index is 13.8. The van der Waals surface area contributed by atoms with Crippen LogP contribution in [0.2, 0.25) is 5.02 Å². The van der Waals surface area contributed by atoms with E-state index < -0.39 is 0 Å². The Hall–Kier alpha value is -6.49. The quantitative estimate of drug-likeness (QED) is 0.0647. The molecule has 0 saturated carbocycles. The number of carbonyl (C=O) groups is 2. The molecule has 336 valence electrons. The van der Waals surface area contributed by atoms with Crippen molar-refractivity contribution in [3.8, 4) is 11.8 Å². The van der Waals surface area contributed by atoms with E-state index in [4.69, 9.17) is 16.6 Å². The van der Waals surface area contributed by atoms with E-state index in [1.54, 1.807) is 4.90 Å². The smallest absolute Gasteiger partial charge is 0.327 e. The molecule has 8 rings (SSSR count). The number of pyridine rings is 1. The third-order valence-electron chi connectivity index (χ3n) is 13.2. The Labute approximate surface area is 396 Å². The fourth-order valence-corrected chi connectivity index (χ4v) is 9.65. The van der Waals surface area contributed by atoms with Crippen LogP contribution < -0.4 is 19.7 Å². The van der Waals surface area contributed by atoms with E-state index in [-0.39, 0.29) is 35.6 Å². The van der Waals surface area contributed by atoms with Crippen LogP contribution in [-0.4, -0.2) is 30.6 Å². The number of rotatable bonds is 15. The lowest BCUT2D eigenvalue weighted by atomic mass is 9.81. The zero-order valence-electron chi connectivity index (χ0n) is 39.3. The standard InChI is InChI=1S/C58H60ClN5O2/c1-7-9-36-62-40-47(59)38-49-56(62)61-52(57(49,3)4)30-28-43(29-31-53-58(5,6)48-22-13-15-24-51(48)63(53)35-8-2)45-21-16-17-41(37-45)25-32-54(65)60-34-33-55(66)64-39-46-20-11-10-18-42(46)26-27-44-19-12-14-23-50(44)64/h10-24,28-31,37-38,40H,7-9,25,32-36,39H2,1-6H3/p+1. The van der Waals surface area contributed by atoms with Crippen LogP contribution in [0, 0.1) is 11.8 Å². The maximum Gasteiger partial charge on any atom is 0.327 e. The first kappa shape index (κ1) is 46.1. The second-order valence-corrected chi connectivity index (χ2v) is 19.0. The van der Waals surface area contributed by atoms with Gasteiger partial charge in [0, 0.05) is 53.9 Å². The van der Waals surface area contributed by atoms with Gasteiger partial charge in [0.15, 0.2) is 5.71 Å². The number of amides is 2. The minimum absolute atomic E-state index is 0.0608. The van der Waals surface area contributed by atoms with Gasteiger partial charge in [-0.25, -0.2) is 4.57 Å². The average molecular weight is 896 g/mol. The number of aliphatic imine (C=N–C) groups is 1. The van der Waals surface area contributed by atoms with E-state index in [9.17, 15) is 9.59 Å². The molecule has 0 bridgehead atoms. The number of hydrogen-bond donors (Lipinski definition) is 1. The molecule has 0 spiro atoms. The number of para-hydroxylation sites is 2. The lowest BCUT2D eigenvalue weighted by molar-refractivity contribution is -0.684. The summed E-state index contributed by atoms with van der Waals surface area (Å²) in [6.45, 7) is 16.0. The van der Waals surface area contributed by atoms with E-state index in [1.165, 1.54) is 16.9 Å². The Bertz CT molecular complexity index is 2850. The number of benzene rings is 4. The number of halogens is 1. The van der Waals surface area contributed by atoms with Crippen molar-refractivity contribution in [2.24, 2.45) is 4.99 Å². The topological polar surface area (TPSA) is 68.9 Å². The van der Waals surface area contributed by atoms with Gasteiger partial charge in [-0.1, -0.05) is 143 Å². The van der Waals surface area contributed by atoms with Gasteiger partial charge in [-0.3, -0.25) is 9.59 Å². The molecule has 66 heavy (non-hydrogen) atoms. The predicted molar refractivity (Wildman–Crippen MR) is 271 cm³/mol. The van der Waals surface area contributed by atoms with Crippen molar-refractivity contribution in [3.63, 3.8) is 0 Å². The number of hydrogen-bond acceptors (Lipinski definition) is 4. The molecular formula is C58H61ClN5O2+. The molecule has 4 heterocycles. The molecule has 8 heteroatoms. The molecule has 0 unspecified atom stereocenters. The van der Waals surface area contributed by atoms with Crippen molar-refractivity contribution in [2.45, 2.75) is 104 Å². The van der Waals surface area contributed by atoms with Gasteiger partial charge in [-0.15, -0.1) is 0 Å². The zero-order valence-corrected chi connectivity index (χ0v) is 40.0. The Kier molecular flexibility index (Phi) is 13.9. The fourth-order valence-electron chi connectivity index (χ4n) is 9.42. The van der Waals surface area contributed by atoms with E-state index in [2.05, 4.69) is 147 Å². The molecule has 0 saturated heterocycles. The number of anilines is 2. The highest BCUT2D eigenvalue weighted by molar-refractivity contribution is 6.30. The Morgan fingerprint density at radius 2 is 1.58 bits per heavy atom. The monoisotopic (exact) mass is 894 g/mol. The molecule has 3 aliphatic rings. The highest BCUT2D eigenvalue weighted by Gasteiger charge is 2.43. The van der Waals surface area contributed by atoms with Crippen LogP contribution in [-0.2, 0) is 39.9 Å². The van der Waals surface area contributed by atoms with Crippen molar-refractivity contribution in [2.75, 3.05) is 22.9 Å². The van der Waals surface area contributed by atoms with E-state index in [1.807, 2.05) is 54.7 Å². The van der Waals surface area contributed by atoms with E-state index in [0.717, 1.165) is 93.5 Å². The van der Waals surface area contributed by atoms with Crippen LogP contribution >= 0.6 is 11.6 Å². The Morgan fingerprint density at radius 1 is 0.833 bits per heavy atom. The first-order chi connectivity index (χ1) is 31.9. The molecule has 1 aromatic heterocycles. The first-order valence-electron chi connectivity index (χ1n) is 23.5. The van der Waals surface area contributed by atoms with Crippen LogP contribution in [0.1, 0.15) is 113 Å². The summed E-state index contributed by atoms with van der Waals surface area (Å²) >= 11 is 6.70. The van der Waals surface area contributed by atoms with Gasteiger partial charge in [0.05, 0.1) is 34.8 Å². The Morgan fingerprint density at radius 3 is 2.38 bits per heavy atom. The third-order valence-corrected chi connectivity index (χ3v) is 13.4. The SMILES string of the molecule is CCCC[n+]1cc(Cl)cc2c1N=C(/C=C/C(=C/C=C1\N(CCC)c3ccccc3C1(C)C)c1cccc(CCC(=O)NCCC(=O)N3Cc4ccccc4C#Cc4ccccc43)c1)C2(C)C. The second-order valence-electron chi connectivity index (χ2n) is 18.6. The van der Waals surface area contributed by atoms with Crippen LogP contribution in [0.25, 0.3) is 5.57 Å². The summed E-state index contributed by atoms with van der Waals surface area (Å²) in [6.07, 6.45) is 15.1. The van der Waals surface area contributed by atoms with E-state index in [0.29, 0.717) is 19.4 Å². The number of aryl methyl sites for hydroxylation is 2. The molecule has 5 aromatic rings. The number of unbranched alkanes of at least 4 members (excludes halogenated alkanes) is 1. The number of aromatic nitrogens is 1. The highest BCUT2D eigenvalue weighted by atomic mass is 35.5. The third kappa shape index (κ3) is 9.71. The number of fused-ring (bicyclic) bond motifs is 4. The molecule has 0 atom stereocenters. The summed E-state index contributed by atoms with van der Waals surface area (Å²) in [5, 5.41) is 3.75. The van der Waals surface area contributed by atoms with Gasteiger partial charge in [0.2, 0.25) is 11.8 Å². The van der Waals surface area contributed by atoms with Crippen molar-refractivity contribution in [1.29, 1.82) is 0 Å². The highest BCUT2D eigenvalue weighted by Crippen LogP contribution is 2.48. The van der Waals surface area contributed by atoms with Crippen LogP contribution in [0.4, 0.5) is 17.2 Å². The number of nitrogens with zero attached hydrogens (tertiary/aromatic N) is 4. The summed E-state index contributed by atoms with van der Waals surface area (Å²) in [5.74, 6) is 7.35. The summed E-state index contributed by atoms with van der Waals surface area (Å²) in [4.78, 5) is 36.6. The normalized spacial score (nSPS) is 16.1. The number of nitrogens with one attached hydrogen (secondary N) is 1. The van der Waals surface area contributed by atoms with E-state index >= 15 is 0 Å². The van der Waals surface area contributed by atoms with Crippen LogP contribution in [0.5, 0.6) is 0 Å². The minimum Gasteiger partial charge on any atom is -0.356 e. The summed E-state index contributed by atoms with van der Waals surface area (Å²) in [5.41, 5.74) is 12.1. The number of carbonyl (C=O) groups excluding carboxylic acids is 2. The van der Waals surface area contributed by atoms with Crippen LogP contribution in [0.15, 0.2) is 144 Å². The molecule has 3 aliphatic heterocycles. The Balaban J connectivity index is 1.02. The molecule has 0 aliphatic carbocycles. The van der Waals surface area contributed by atoms with Gasteiger partial charge in [-0.2, -0.15) is 0 Å². The maximum absolute atomic E-state index is 13.8.